The number of carbonyl (C=O) groups excluding carboxylic acids is 1. The number of rotatable bonds is 2. The molecule has 5 nitrogen and oxygen atoms in total. The summed E-state index contributed by atoms with van der Waals surface area (Å²) in [6, 6.07) is 1.87. The van der Waals surface area contributed by atoms with Crippen LogP contribution in [-0.4, -0.2) is 28.5 Å². The van der Waals surface area contributed by atoms with Gasteiger partial charge in [0.1, 0.15) is 0 Å². The smallest absolute Gasteiger partial charge is 0.308 e. The summed E-state index contributed by atoms with van der Waals surface area (Å²) in [6.07, 6.45) is 1.69. The minimum Gasteiger partial charge on any atom is -0.481 e. The van der Waals surface area contributed by atoms with Gasteiger partial charge in [0, 0.05) is 18.7 Å². The van der Waals surface area contributed by atoms with Crippen LogP contribution in [0.3, 0.4) is 0 Å². The van der Waals surface area contributed by atoms with Gasteiger partial charge in [-0.2, -0.15) is 0 Å². The van der Waals surface area contributed by atoms with Crippen molar-refractivity contribution >= 4 is 17.6 Å². The Labute approximate surface area is 99.1 Å². The number of hydrogen-bond acceptors (Lipinski definition) is 3. The molecule has 90 valence electrons. The second-order valence-electron chi connectivity index (χ2n) is 4.34. The molecule has 1 aromatic rings. The molecular weight excluding hydrogens is 220 g/mol. The third-order valence-electron chi connectivity index (χ3n) is 3.11. The molecule has 1 atom stereocenters. The monoisotopic (exact) mass is 234 g/mol. The lowest BCUT2D eigenvalue weighted by molar-refractivity contribution is -0.141. The van der Waals surface area contributed by atoms with Crippen LogP contribution in [0.5, 0.6) is 0 Å². The van der Waals surface area contributed by atoms with Gasteiger partial charge in [-0.1, -0.05) is 0 Å². The van der Waals surface area contributed by atoms with Gasteiger partial charge in [0.25, 0.3) is 0 Å². The molecule has 0 bridgehead atoms. The zero-order valence-electron chi connectivity index (χ0n) is 9.80. The van der Waals surface area contributed by atoms with Crippen LogP contribution in [0.4, 0.5) is 5.69 Å². The largest absolute Gasteiger partial charge is 0.481 e. The first-order valence-corrected chi connectivity index (χ1v) is 5.45. The number of pyridine rings is 1. The maximum absolute atomic E-state index is 11.7. The number of carboxylic acid groups (broad SMARTS) is 1. The lowest BCUT2D eigenvalue weighted by atomic mass is 10.1. The Hall–Kier alpha value is -1.91. The van der Waals surface area contributed by atoms with Gasteiger partial charge in [-0.05, 0) is 25.5 Å². The number of hydrogen-bond donors (Lipinski definition) is 1. The highest BCUT2D eigenvalue weighted by Gasteiger charge is 2.35. The molecule has 1 amide bonds. The molecular formula is C12H14N2O3. The first-order chi connectivity index (χ1) is 7.99. The van der Waals surface area contributed by atoms with E-state index in [1.807, 2.05) is 19.9 Å². The third kappa shape index (κ3) is 2.13. The lowest BCUT2D eigenvalue weighted by Gasteiger charge is -2.16. The van der Waals surface area contributed by atoms with Crippen LogP contribution in [0.25, 0.3) is 0 Å². The molecule has 1 aliphatic rings. The summed E-state index contributed by atoms with van der Waals surface area (Å²) in [5, 5.41) is 8.90. The number of nitrogens with zero attached hydrogens (tertiary/aromatic N) is 2. The summed E-state index contributed by atoms with van der Waals surface area (Å²) in [6.45, 7) is 4.05. The van der Waals surface area contributed by atoms with Crippen molar-refractivity contribution in [3.63, 3.8) is 0 Å². The topological polar surface area (TPSA) is 70.5 Å². The summed E-state index contributed by atoms with van der Waals surface area (Å²) in [7, 11) is 0. The number of aromatic nitrogens is 1. The maximum atomic E-state index is 11.7. The van der Waals surface area contributed by atoms with Crippen LogP contribution in [0.15, 0.2) is 12.3 Å². The molecule has 17 heavy (non-hydrogen) atoms. The average Bonchev–Trinajstić information content (AvgIpc) is 2.65. The van der Waals surface area contributed by atoms with E-state index in [0.29, 0.717) is 5.69 Å². The highest BCUT2D eigenvalue weighted by molar-refractivity contribution is 5.99. The summed E-state index contributed by atoms with van der Waals surface area (Å²) in [5.74, 6) is -1.68. The minimum atomic E-state index is -0.919. The minimum absolute atomic E-state index is 0.0717. The Morgan fingerprint density at radius 2 is 2.24 bits per heavy atom. The fourth-order valence-corrected chi connectivity index (χ4v) is 1.90. The van der Waals surface area contributed by atoms with Gasteiger partial charge in [-0.25, -0.2) is 0 Å². The SMILES string of the molecule is Cc1cc(N2CC(C(=O)O)CC2=O)cnc1C. The van der Waals surface area contributed by atoms with Crippen molar-refractivity contribution in [2.75, 3.05) is 11.4 Å². The maximum Gasteiger partial charge on any atom is 0.308 e. The summed E-state index contributed by atoms with van der Waals surface area (Å²) in [5.41, 5.74) is 2.59. The highest BCUT2D eigenvalue weighted by Crippen LogP contribution is 2.25. The Balaban J connectivity index is 2.26. The van der Waals surface area contributed by atoms with E-state index in [1.165, 1.54) is 4.90 Å². The number of aliphatic carboxylic acids is 1. The molecule has 0 saturated carbocycles. The summed E-state index contributed by atoms with van der Waals surface area (Å²) < 4.78 is 0. The normalized spacial score (nSPS) is 19.8. The van der Waals surface area contributed by atoms with E-state index in [9.17, 15) is 9.59 Å². The number of carbonyl (C=O) groups is 2. The molecule has 0 spiro atoms. The van der Waals surface area contributed by atoms with Gasteiger partial charge in [0.15, 0.2) is 0 Å². The van der Waals surface area contributed by atoms with Gasteiger partial charge < -0.3 is 10.0 Å². The Bertz CT molecular complexity index is 485. The summed E-state index contributed by atoms with van der Waals surface area (Å²) in [4.78, 5) is 28.3. The molecule has 2 heterocycles. The van der Waals surface area contributed by atoms with Gasteiger partial charge >= 0.3 is 5.97 Å². The molecule has 5 heteroatoms. The molecule has 1 fully saturated rings. The fourth-order valence-electron chi connectivity index (χ4n) is 1.90. The van der Waals surface area contributed by atoms with Gasteiger partial charge in [-0.3, -0.25) is 14.6 Å². The van der Waals surface area contributed by atoms with E-state index in [0.717, 1.165) is 11.3 Å². The van der Waals surface area contributed by atoms with E-state index in [1.54, 1.807) is 6.20 Å². The highest BCUT2D eigenvalue weighted by atomic mass is 16.4. The number of carboxylic acids is 1. The molecule has 1 saturated heterocycles. The lowest BCUT2D eigenvalue weighted by Crippen LogP contribution is -2.26. The molecule has 0 aromatic carbocycles. The summed E-state index contributed by atoms with van der Waals surface area (Å²) >= 11 is 0. The van der Waals surface area contributed by atoms with E-state index in [-0.39, 0.29) is 18.9 Å². The van der Waals surface area contributed by atoms with Crippen LogP contribution in [-0.2, 0) is 9.59 Å². The predicted molar refractivity (Wildman–Crippen MR) is 61.8 cm³/mol. The van der Waals surface area contributed by atoms with E-state index in [4.69, 9.17) is 5.11 Å². The van der Waals surface area contributed by atoms with Crippen molar-refractivity contribution in [2.45, 2.75) is 20.3 Å². The van der Waals surface area contributed by atoms with E-state index < -0.39 is 11.9 Å². The van der Waals surface area contributed by atoms with Crippen LogP contribution in [0.2, 0.25) is 0 Å². The van der Waals surface area contributed by atoms with Crippen LogP contribution in [0, 0.1) is 19.8 Å². The fraction of sp³-hybridized carbons (Fsp3) is 0.417. The van der Waals surface area contributed by atoms with Crippen molar-refractivity contribution in [3.8, 4) is 0 Å². The second-order valence-corrected chi connectivity index (χ2v) is 4.34. The van der Waals surface area contributed by atoms with E-state index in [2.05, 4.69) is 4.98 Å². The van der Waals surface area contributed by atoms with Gasteiger partial charge in [0.05, 0.1) is 17.8 Å². The van der Waals surface area contributed by atoms with Crippen molar-refractivity contribution in [1.82, 2.24) is 4.98 Å². The van der Waals surface area contributed by atoms with E-state index >= 15 is 0 Å². The zero-order valence-corrected chi connectivity index (χ0v) is 9.80. The number of aryl methyl sites for hydroxylation is 2. The Kier molecular flexibility index (Phi) is 2.83. The van der Waals surface area contributed by atoms with Crippen LogP contribution >= 0.6 is 0 Å². The van der Waals surface area contributed by atoms with Crippen LogP contribution in [0.1, 0.15) is 17.7 Å². The van der Waals surface area contributed by atoms with Crippen molar-refractivity contribution in [2.24, 2.45) is 5.92 Å². The molecule has 1 aliphatic heterocycles. The third-order valence-corrected chi connectivity index (χ3v) is 3.11. The second kappa shape index (κ2) is 4.16. The van der Waals surface area contributed by atoms with Crippen molar-refractivity contribution in [3.05, 3.63) is 23.5 Å². The Morgan fingerprint density at radius 1 is 1.53 bits per heavy atom. The number of anilines is 1. The quantitative estimate of drug-likeness (QED) is 0.832. The molecule has 0 radical (unpaired) electrons. The first-order valence-electron chi connectivity index (χ1n) is 5.45. The zero-order chi connectivity index (χ0) is 12.6. The predicted octanol–water partition coefficient (Wildman–Crippen LogP) is 1.14. The van der Waals surface area contributed by atoms with Crippen LogP contribution < -0.4 is 4.90 Å². The molecule has 1 N–H and O–H groups in total. The molecule has 0 aliphatic carbocycles. The molecule has 2 rings (SSSR count). The molecule has 1 unspecified atom stereocenters. The van der Waals surface area contributed by atoms with Crippen molar-refractivity contribution < 1.29 is 14.7 Å². The first kappa shape index (κ1) is 11.6. The standard InChI is InChI=1S/C12H14N2O3/c1-7-3-10(5-13-8(7)2)14-6-9(12(16)17)4-11(14)15/h3,5,9H,4,6H2,1-2H3,(H,16,17). The molecule has 1 aromatic heterocycles. The van der Waals surface area contributed by atoms with Crippen molar-refractivity contribution in [1.29, 1.82) is 0 Å². The number of amides is 1. The van der Waals surface area contributed by atoms with Gasteiger partial charge in [0.2, 0.25) is 5.91 Å². The average molecular weight is 234 g/mol. The van der Waals surface area contributed by atoms with Gasteiger partial charge in [-0.15, -0.1) is 0 Å². The Morgan fingerprint density at radius 3 is 2.76 bits per heavy atom.